The van der Waals surface area contributed by atoms with Crippen molar-refractivity contribution < 1.29 is 19.7 Å². The number of carboxylic acid groups (broad SMARTS) is 1. The molecule has 0 saturated heterocycles. The summed E-state index contributed by atoms with van der Waals surface area (Å²) in [6.07, 6.45) is 0. The Labute approximate surface area is 114 Å². The van der Waals surface area contributed by atoms with Crippen molar-refractivity contribution in [3.8, 4) is 11.5 Å². The molecule has 0 amide bonds. The van der Waals surface area contributed by atoms with Gasteiger partial charge in [-0.05, 0) is 29.8 Å². The van der Waals surface area contributed by atoms with Crippen LogP contribution in [-0.4, -0.2) is 16.2 Å². The van der Waals surface area contributed by atoms with Crippen LogP contribution in [0.1, 0.15) is 15.9 Å². The largest absolute Gasteiger partial charge is 0.508 e. The number of hydrogen-bond acceptors (Lipinski definition) is 3. The molecule has 4 nitrogen and oxygen atoms in total. The fourth-order valence-corrected chi connectivity index (χ4v) is 1.80. The molecular formula is C14H11ClO4. The summed E-state index contributed by atoms with van der Waals surface area (Å²) in [4.78, 5) is 11.1. The van der Waals surface area contributed by atoms with Crippen molar-refractivity contribution in [1.82, 2.24) is 0 Å². The lowest BCUT2D eigenvalue weighted by Crippen LogP contribution is -2.03. The number of aromatic carboxylic acids is 1. The lowest BCUT2D eigenvalue weighted by molar-refractivity contribution is 0.0691. The highest BCUT2D eigenvalue weighted by atomic mass is 35.5. The van der Waals surface area contributed by atoms with Crippen LogP contribution in [0.4, 0.5) is 0 Å². The number of carbonyl (C=O) groups is 1. The van der Waals surface area contributed by atoms with Crippen LogP contribution >= 0.6 is 11.6 Å². The van der Waals surface area contributed by atoms with E-state index in [1.165, 1.54) is 18.2 Å². The highest BCUT2D eigenvalue weighted by Crippen LogP contribution is 2.29. The first kappa shape index (κ1) is 13.2. The molecule has 0 heterocycles. The van der Waals surface area contributed by atoms with Crippen LogP contribution in [-0.2, 0) is 6.61 Å². The first-order valence-electron chi connectivity index (χ1n) is 5.50. The second kappa shape index (κ2) is 5.63. The van der Waals surface area contributed by atoms with Gasteiger partial charge in [0.1, 0.15) is 17.9 Å². The highest BCUT2D eigenvalue weighted by Gasteiger charge is 2.14. The summed E-state index contributed by atoms with van der Waals surface area (Å²) >= 11 is 5.94. The third kappa shape index (κ3) is 3.17. The van der Waals surface area contributed by atoms with Crippen molar-refractivity contribution in [2.75, 3.05) is 0 Å². The number of phenols is 1. The zero-order valence-corrected chi connectivity index (χ0v) is 10.6. The van der Waals surface area contributed by atoms with Gasteiger partial charge < -0.3 is 14.9 Å². The summed E-state index contributed by atoms with van der Waals surface area (Å²) in [5, 5.41) is 18.5. The van der Waals surface area contributed by atoms with Crippen LogP contribution in [0, 0.1) is 0 Å². The Kier molecular flexibility index (Phi) is 3.92. The van der Waals surface area contributed by atoms with Gasteiger partial charge >= 0.3 is 5.97 Å². The summed E-state index contributed by atoms with van der Waals surface area (Å²) in [5.74, 6) is -0.791. The number of ether oxygens (including phenoxy) is 1. The van der Waals surface area contributed by atoms with Gasteiger partial charge in [0.2, 0.25) is 0 Å². The summed E-state index contributed by atoms with van der Waals surface area (Å²) < 4.78 is 5.46. The Morgan fingerprint density at radius 1 is 1.16 bits per heavy atom. The molecule has 2 aromatic carbocycles. The van der Waals surface area contributed by atoms with Crippen LogP contribution in [0.15, 0.2) is 42.5 Å². The van der Waals surface area contributed by atoms with Crippen LogP contribution in [0.5, 0.6) is 11.5 Å². The fourth-order valence-electron chi connectivity index (χ4n) is 1.57. The molecule has 0 aliphatic rings. The Hall–Kier alpha value is -2.20. The topological polar surface area (TPSA) is 66.8 Å². The second-order valence-corrected chi connectivity index (χ2v) is 4.28. The van der Waals surface area contributed by atoms with Crippen LogP contribution in [0.2, 0.25) is 5.02 Å². The zero-order valence-electron chi connectivity index (χ0n) is 9.84. The number of benzene rings is 2. The van der Waals surface area contributed by atoms with Gasteiger partial charge in [-0.2, -0.15) is 0 Å². The van der Waals surface area contributed by atoms with Gasteiger partial charge in [-0.25, -0.2) is 4.79 Å². The van der Waals surface area contributed by atoms with E-state index in [1.54, 1.807) is 24.3 Å². The van der Waals surface area contributed by atoms with Gasteiger partial charge in [0.15, 0.2) is 5.75 Å². The number of para-hydroxylation sites is 1. The van der Waals surface area contributed by atoms with E-state index in [-0.39, 0.29) is 28.7 Å². The number of hydrogen-bond donors (Lipinski definition) is 2. The molecule has 0 fully saturated rings. The average molecular weight is 279 g/mol. The van der Waals surface area contributed by atoms with Gasteiger partial charge in [0.05, 0.1) is 5.02 Å². The third-order valence-electron chi connectivity index (χ3n) is 2.52. The first-order valence-corrected chi connectivity index (χ1v) is 5.88. The van der Waals surface area contributed by atoms with E-state index in [4.69, 9.17) is 26.6 Å². The second-order valence-electron chi connectivity index (χ2n) is 3.88. The third-order valence-corrected chi connectivity index (χ3v) is 2.81. The van der Waals surface area contributed by atoms with E-state index >= 15 is 0 Å². The standard InChI is InChI=1S/C14H11ClO4/c15-12-3-1-2-11(14(17)18)13(12)19-8-9-4-6-10(16)7-5-9/h1-7,16H,8H2,(H,17,18). The minimum absolute atomic E-state index is 0.0197. The maximum Gasteiger partial charge on any atom is 0.339 e. The van der Waals surface area contributed by atoms with Gasteiger partial charge in [-0.3, -0.25) is 0 Å². The summed E-state index contributed by atoms with van der Waals surface area (Å²) in [7, 11) is 0. The molecule has 0 aliphatic carbocycles. The molecule has 0 atom stereocenters. The van der Waals surface area contributed by atoms with Crippen molar-refractivity contribution in [1.29, 1.82) is 0 Å². The zero-order chi connectivity index (χ0) is 13.8. The van der Waals surface area contributed by atoms with E-state index in [0.29, 0.717) is 0 Å². The maximum absolute atomic E-state index is 11.1. The molecule has 0 radical (unpaired) electrons. The number of halogens is 1. The maximum atomic E-state index is 11.1. The fraction of sp³-hybridized carbons (Fsp3) is 0.0714. The Bertz CT molecular complexity index is 593. The number of aromatic hydroxyl groups is 1. The molecule has 98 valence electrons. The Morgan fingerprint density at radius 2 is 1.84 bits per heavy atom. The van der Waals surface area contributed by atoms with Crippen molar-refractivity contribution in [2.45, 2.75) is 6.61 Å². The predicted molar refractivity (Wildman–Crippen MR) is 70.9 cm³/mol. The number of rotatable bonds is 4. The molecule has 0 saturated carbocycles. The molecule has 0 bridgehead atoms. The summed E-state index contributed by atoms with van der Waals surface area (Å²) in [6, 6.07) is 11.0. The van der Waals surface area contributed by atoms with E-state index < -0.39 is 5.97 Å². The van der Waals surface area contributed by atoms with E-state index in [1.807, 2.05) is 0 Å². The summed E-state index contributed by atoms with van der Waals surface area (Å²) in [6.45, 7) is 0.171. The number of phenolic OH excluding ortho intramolecular Hbond substituents is 1. The minimum atomic E-state index is -1.09. The Morgan fingerprint density at radius 3 is 2.47 bits per heavy atom. The first-order chi connectivity index (χ1) is 9.08. The van der Waals surface area contributed by atoms with Crippen molar-refractivity contribution in [2.24, 2.45) is 0 Å². The molecule has 0 spiro atoms. The van der Waals surface area contributed by atoms with Crippen LogP contribution < -0.4 is 4.74 Å². The van der Waals surface area contributed by atoms with E-state index in [9.17, 15) is 4.79 Å². The monoisotopic (exact) mass is 278 g/mol. The smallest absolute Gasteiger partial charge is 0.339 e. The molecule has 0 aromatic heterocycles. The lowest BCUT2D eigenvalue weighted by atomic mass is 10.2. The minimum Gasteiger partial charge on any atom is -0.508 e. The van der Waals surface area contributed by atoms with Crippen molar-refractivity contribution in [3.05, 3.63) is 58.6 Å². The normalized spacial score (nSPS) is 10.2. The quantitative estimate of drug-likeness (QED) is 0.900. The predicted octanol–water partition coefficient (Wildman–Crippen LogP) is 3.32. The van der Waals surface area contributed by atoms with Crippen molar-refractivity contribution in [3.63, 3.8) is 0 Å². The summed E-state index contributed by atoms with van der Waals surface area (Å²) in [5.41, 5.74) is 0.820. The number of carboxylic acids is 1. The van der Waals surface area contributed by atoms with Gasteiger partial charge in [-0.15, -0.1) is 0 Å². The van der Waals surface area contributed by atoms with Gasteiger partial charge in [0.25, 0.3) is 0 Å². The molecule has 5 heteroatoms. The Balaban J connectivity index is 2.19. The molecule has 0 aliphatic heterocycles. The molecule has 2 aromatic rings. The molecule has 19 heavy (non-hydrogen) atoms. The molecule has 2 N–H and O–H groups in total. The van der Waals surface area contributed by atoms with Crippen LogP contribution in [0.25, 0.3) is 0 Å². The van der Waals surface area contributed by atoms with Crippen molar-refractivity contribution >= 4 is 17.6 Å². The molecule has 2 rings (SSSR count). The lowest BCUT2D eigenvalue weighted by Gasteiger charge is -2.10. The van der Waals surface area contributed by atoms with E-state index in [0.717, 1.165) is 5.56 Å². The molecule has 0 unspecified atom stereocenters. The van der Waals surface area contributed by atoms with Crippen LogP contribution in [0.3, 0.4) is 0 Å². The average Bonchev–Trinajstić information content (AvgIpc) is 2.39. The molecular weight excluding hydrogens is 268 g/mol. The van der Waals surface area contributed by atoms with E-state index in [2.05, 4.69) is 0 Å². The highest BCUT2D eigenvalue weighted by molar-refractivity contribution is 6.32. The van der Waals surface area contributed by atoms with Gasteiger partial charge in [-0.1, -0.05) is 29.8 Å². The van der Waals surface area contributed by atoms with Gasteiger partial charge in [0, 0.05) is 0 Å². The SMILES string of the molecule is O=C(O)c1cccc(Cl)c1OCc1ccc(O)cc1.